The van der Waals surface area contributed by atoms with Gasteiger partial charge in [0.05, 0.1) is 25.4 Å². The van der Waals surface area contributed by atoms with Crippen LogP contribution >= 0.6 is 0 Å². The van der Waals surface area contributed by atoms with Gasteiger partial charge in [-0.1, -0.05) is 12.1 Å². The van der Waals surface area contributed by atoms with Gasteiger partial charge in [0.15, 0.2) is 11.6 Å². The highest BCUT2D eigenvalue weighted by Gasteiger charge is 2.34. The van der Waals surface area contributed by atoms with E-state index in [1.54, 1.807) is 19.1 Å². The van der Waals surface area contributed by atoms with E-state index in [1.165, 1.54) is 25.7 Å². The molecule has 3 fully saturated rings. The third-order valence-electron chi connectivity index (χ3n) is 8.18. The van der Waals surface area contributed by atoms with Crippen LogP contribution in [0.1, 0.15) is 82.6 Å². The van der Waals surface area contributed by atoms with Crippen molar-refractivity contribution < 1.29 is 23.0 Å². The van der Waals surface area contributed by atoms with Crippen molar-refractivity contribution in [2.45, 2.75) is 89.3 Å². The summed E-state index contributed by atoms with van der Waals surface area (Å²) in [7, 11) is 0. The summed E-state index contributed by atoms with van der Waals surface area (Å²) in [6.45, 7) is 7.56. The number of rotatable bonds is 8. The minimum atomic E-state index is -0.855. The normalized spacial score (nSPS) is 32.9. The van der Waals surface area contributed by atoms with Gasteiger partial charge in [-0.2, -0.15) is 4.39 Å². The molecule has 2 aliphatic carbocycles. The minimum absolute atomic E-state index is 0.00394. The van der Waals surface area contributed by atoms with E-state index in [0.29, 0.717) is 36.5 Å². The SMILES string of the molecule is C=CC1CCC(COC2CCC(C3CCC(c4ccc(OCC)c(F)c4F)CC3)OC2)CC1. The summed E-state index contributed by atoms with van der Waals surface area (Å²) in [4.78, 5) is 0. The largest absolute Gasteiger partial charge is 0.491 e. The zero-order chi connectivity index (χ0) is 23.2. The molecule has 0 amide bonds. The Morgan fingerprint density at radius 2 is 1.73 bits per heavy atom. The smallest absolute Gasteiger partial charge is 0.200 e. The Morgan fingerprint density at radius 3 is 2.36 bits per heavy atom. The van der Waals surface area contributed by atoms with E-state index in [-0.39, 0.29) is 23.9 Å². The second kappa shape index (κ2) is 11.8. The van der Waals surface area contributed by atoms with E-state index in [0.717, 1.165) is 45.1 Å². The first kappa shape index (κ1) is 24.7. The van der Waals surface area contributed by atoms with Crippen molar-refractivity contribution >= 4 is 0 Å². The molecule has 1 aromatic carbocycles. The molecule has 1 heterocycles. The van der Waals surface area contributed by atoms with Gasteiger partial charge in [-0.25, -0.2) is 4.39 Å². The molecule has 3 aliphatic rings. The summed E-state index contributed by atoms with van der Waals surface area (Å²) in [6, 6.07) is 3.27. The first-order chi connectivity index (χ1) is 16.1. The van der Waals surface area contributed by atoms with Gasteiger partial charge in [-0.3, -0.25) is 0 Å². The molecule has 2 unspecified atom stereocenters. The molecular weight excluding hydrogens is 422 g/mol. The van der Waals surface area contributed by atoms with Gasteiger partial charge in [0, 0.05) is 6.61 Å². The lowest BCUT2D eigenvalue weighted by molar-refractivity contribution is -0.113. The zero-order valence-corrected chi connectivity index (χ0v) is 20.1. The molecule has 2 saturated carbocycles. The Bertz CT molecular complexity index is 759. The lowest BCUT2D eigenvalue weighted by Gasteiger charge is -2.38. The highest BCUT2D eigenvalue weighted by Crippen LogP contribution is 2.41. The van der Waals surface area contributed by atoms with E-state index in [2.05, 4.69) is 12.7 Å². The lowest BCUT2D eigenvalue weighted by Crippen LogP contribution is -2.37. The molecule has 184 valence electrons. The highest BCUT2D eigenvalue weighted by molar-refractivity contribution is 5.33. The van der Waals surface area contributed by atoms with Crippen LogP contribution in [0.3, 0.4) is 0 Å². The monoisotopic (exact) mass is 462 g/mol. The molecule has 5 heteroatoms. The van der Waals surface area contributed by atoms with Gasteiger partial charge in [-0.15, -0.1) is 6.58 Å². The molecule has 1 aromatic rings. The number of allylic oxidation sites excluding steroid dienone is 1. The standard InChI is InChI=1S/C28H40F2O3/c1-3-19-5-7-20(8-6-19)17-32-23-13-15-25(33-18-23)22-11-9-21(10-12-22)24-14-16-26(31-4-2)28(30)27(24)29/h3,14,16,19-23,25H,1,4-13,15,17-18H2,2H3. The third-order valence-corrected chi connectivity index (χ3v) is 8.18. The molecule has 1 aliphatic heterocycles. The summed E-state index contributed by atoms with van der Waals surface area (Å²) < 4.78 is 46.5. The van der Waals surface area contributed by atoms with E-state index in [4.69, 9.17) is 14.2 Å². The summed E-state index contributed by atoms with van der Waals surface area (Å²) in [5.74, 6) is 0.365. The maximum absolute atomic E-state index is 14.6. The number of halogens is 2. The van der Waals surface area contributed by atoms with Crippen molar-refractivity contribution in [1.29, 1.82) is 0 Å². The first-order valence-corrected chi connectivity index (χ1v) is 13.0. The Morgan fingerprint density at radius 1 is 0.970 bits per heavy atom. The maximum Gasteiger partial charge on any atom is 0.200 e. The van der Waals surface area contributed by atoms with Gasteiger partial charge in [0.1, 0.15) is 0 Å². The van der Waals surface area contributed by atoms with Gasteiger partial charge in [0.2, 0.25) is 5.82 Å². The molecule has 4 rings (SSSR count). The van der Waals surface area contributed by atoms with Crippen LogP contribution in [0.5, 0.6) is 5.75 Å². The summed E-state index contributed by atoms with van der Waals surface area (Å²) >= 11 is 0. The topological polar surface area (TPSA) is 27.7 Å². The van der Waals surface area contributed by atoms with Crippen molar-refractivity contribution in [3.05, 3.63) is 42.0 Å². The molecule has 33 heavy (non-hydrogen) atoms. The fourth-order valence-electron chi connectivity index (χ4n) is 6.04. The fraction of sp³-hybridized carbons (Fsp3) is 0.714. The maximum atomic E-state index is 14.6. The third kappa shape index (κ3) is 6.16. The number of hydrogen-bond acceptors (Lipinski definition) is 3. The molecule has 2 atom stereocenters. The van der Waals surface area contributed by atoms with Crippen molar-refractivity contribution in [2.24, 2.45) is 17.8 Å². The van der Waals surface area contributed by atoms with Crippen LogP contribution in [0.25, 0.3) is 0 Å². The lowest BCUT2D eigenvalue weighted by atomic mass is 9.75. The molecule has 0 N–H and O–H groups in total. The zero-order valence-electron chi connectivity index (χ0n) is 20.1. The predicted molar refractivity (Wildman–Crippen MR) is 127 cm³/mol. The van der Waals surface area contributed by atoms with Gasteiger partial charge in [0.25, 0.3) is 0 Å². The molecule has 0 radical (unpaired) electrons. The highest BCUT2D eigenvalue weighted by atomic mass is 19.2. The van der Waals surface area contributed by atoms with Crippen LogP contribution in [0, 0.1) is 29.4 Å². The molecule has 3 nitrogen and oxygen atoms in total. The number of benzene rings is 1. The Labute approximate surface area is 197 Å². The second-order valence-electron chi connectivity index (χ2n) is 10.2. The predicted octanol–water partition coefficient (Wildman–Crippen LogP) is 7.19. The Kier molecular flexibility index (Phi) is 8.81. The quantitative estimate of drug-likeness (QED) is 0.383. The van der Waals surface area contributed by atoms with E-state index < -0.39 is 11.6 Å². The van der Waals surface area contributed by atoms with Crippen LogP contribution in [-0.2, 0) is 9.47 Å². The van der Waals surface area contributed by atoms with E-state index in [9.17, 15) is 8.78 Å². The van der Waals surface area contributed by atoms with E-state index >= 15 is 0 Å². The van der Waals surface area contributed by atoms with Crippen LogP contribution in [0.2, 0.25) is 0 Å². The van der Waals surface area contributed by atoms with Gasteiger partial charge >= 0.3 is 0 Å². The average Bonchev–Trinajstić information content (AvgIpc) is 2.87. The molecule has 0 aromatic heterocycles. The second-order valence-corrected chi connectivity index (χ2v) is 10.2. The van der Waals surface area contributed by atoms with Gasteiger partial charge < -0.3 is 14.2 Å². The summed E-state index contributed by atoms with van der Waals surface area (Å²) in [6.07, 6.45) is 13.4. The van der Waals surface area contributed by atoms with Crippen LogP contribution < -0.4 is 4.74 Å². The van der Waals surface area contributed by atoms with Crippen molar-refractivity contribution in [3.8, 4) is 5.75 Å². The average molecular weight is 463 g/mol. The van der Waals surface area contributed by atoms with E-state index in [1.807, 2.05) is 0 Å². The van der Waals surface area contributed by atoms with Crippen molar-refractivity contribution in [1.82, 2.24) is 0 Å². The fourth-order valence-corrected chi connectivity index (χ4v) is 6.04. The Hall–Kier alpha value is -1.46. The Balaban J connectivity index is 1.18. The summed E-state index contributed by atoms with van der Waals surface area (Å²) in [5, 5.41) is 0. The molecular formula is C28H40F2O3. The van der Waals surface area contributed by atoms with Crippen LogP contribution in [0.15, 0.2) is 24.8 Å². The first-order valence-electron chi connectivity index (χ1n) is 13.0. The van der Waals surface area contributed by atoms with Crippen molar-refractivity contribution in [3.63, 3.8) is 0 Å². The number of ether oxygens (including phenoxy) is 3. The summed E-state index contributed by atoms with van der Waals surface area (Å²) in [5.41, 5.74) is 0.495. The minimum Gasteiger partial charge on any atom is -0.491 e. The number of hydrogen-bond donors (Lipinski definition) is 0. The molecule has 0 bridgehead atoms. The van der Waals surface area contributed by atoms with Crippen LogP contribution in [-0.4, -0.2) is 32.0 Å². The molecule has 0 spiro atoms. The van der Waals surface area contributed by atoms with Crippen LogP contribution in [0.4, 0.5) is 8.78 Å². The molecule has 1 saturated heterocycles. The van der Waals surface area contributed by atoms with Gasteiger partial charge in [-0.05, 0) is 106 Å². The van der Waals surface area contributed by atoms with Crippen molar-refractivity contribution in [2.75, 3.05) is 19.8 Å².